The Morgan fingerprint density at radius 1 is 0.714 bits per heavy atom. The van der Waals surface area contributed by atoms with Gasteiger partial charge in [0.05, 0.1) is 0 Å². The van der Waals surface area contributed by atoms with Crippen molar-refractivity contribution in [3.05, 3.63) is 59.7 Å². The van der Waals surface area contributed by atoms with Gasteiger partial charge in [-0.25, -0.2) is 0 Å². The molecule has 0 heterocycles. The van der Waals surface area contributed by atoms with Crippen LogP contribution in [0.4, 0.5) is 0 Å². The monoisotopic (exact) mass is 280 g/mol. The summed E-state index contributed by atoms with van der Waals surface area (Å²) in [4.78, 5) is 8.41. The molecular formula is C17H16N2O2-2. The number of benzene rings is 2. The number of rotatable bonds is 6. The van der Waals surface area contributed by atoms with Crippen molar-refractivity contribution in [3.63, 3.8) is 0 Å². The highest BCUT2D eigenvalue weighted by molar-refractivity contribution is 5.83. The Balaban J connectivity index is 1.73. The normalized spacial score (nSPS) is 11.4. The lowest BCUT2D eigenvalue weighted by molar-refractivity contribution is -0.269. The van der Waals surface area contributed by atoms with Gasteiger partial charge in [0.1, 0.15) is 0 Å². The molecule has 2 aromatic rings. The van der Waals surface area contributed by atoms with E-state index in [0.717, 1.165) is 6.42 Å². The number of nitrogens with zero attached hydrogens (tertiary/aromatic N) is 2. The topological polar surface area (TPSA) is 70.8 Å². The zero-order chi connectivity index (χ0) is 14.9. The van der Waals surface area contributed by atoms with Crippen LogP contribution in [0.3, 0.4) is 0 Å². The Labute approximate surface area is 124 Å². The second-order valence-corrected chi connectivity index (χ2v) is 4.50. The van der Waals surface area contributed by atoms with E-state index in [1.807, 2.05) is 12.1 Å². The molecule has 4 heteroatoms. The van der Waals surface area contributed by atoms with E-state index in [1.54, 1.807) is 36.7 Å². The van der Waals surface area contributed by atoms with Gasteiger partial charge in [-0.1, -0.05) is 48.5 Å². The Hall–Kier alpha value is -2.62. The van der Waals surface area contributed by atoms with Gasteiger partial charge in [0, 0.05) is 25.5 Å². The van der Waals surface area contributed by atoms with Gasteiger partial charge in [-0.2, -0.15) is 0 Å². The number of para-hydroxylation sites is 2. The molecule has 2 aromatic carbocycles. The minimum absolute atomic E-state index is 0.0219. The van der Waals surface area contributed by atoms with Crippen LogP contribution in [-0.2, 0) is 0 Å². The van der Waals surface area contributed by atoms with Crippen molar-refractivity contribution >= 4 is 12.4 Å². The highest BCUT2D eigenvalue weighted by Crippen LogP contribution is 2.10. The first kappa shape index (κ1) is 14.8. The van der Waals surface area contributed by atoms with Crippen LogP contribution in [0.5, 0.6) is 11.5 Å². The fraction of sp³-hybridized carbons (Fsp3) is 0.176. The van der Waals surface area contributed by atoms with Gasteiger partial charge < -0.3 is 10.2 Å². The molecule has 0 unspecified atom stereocenters. The maximum Gasteiger partial charge on any atom is 0.0407 e. The zero-order valence-corrected chi connectivity index (χ0v) is 11.6. The highest BCUT2D eigenvalue weighted by atomic mass is 16.3. The average molecular weight is 280 g/mol. The lowest BCUT2D eigenvalue weighted by atomic mass is 10.2. The molecule has 0 spiro atoms. The minimum atomic E-state index is -0.0219. The molecule has 0 saturated carbocycles. The van der Waals surface area contributed by atoms with E-state index in [0.29, 0.717) is 24.2 Å². The van der Waals surface area contributed by atoms with Gasteiger partial charge >= 0.3 is 0 Å². The molecule has 21 heavy (non-hydrogen) atoms. The fourth-order valence-corrected chi connectivity index (χ4v) is 1.75. The van der Waals surface area contributed by atoms with E-state index in [4.69, 9.17) is 0 Å². The second-order valence-electron chi connectivity index (χ2n) is 4.50. The first-order chi connectivity index (χ1) is 10.3. The predicted molar refractivity (Wildman–Crippen MR) is 81.3 cm³/mol. The molecule has 0 aromatic heterocycles. The highest BCUT2D eigenvalue weighted by Gasteiger charge is 1.89. The number of aliphatic imine (C=N–C) groups is 2. The van der Waals surface area contributed by atoms with Crippen molar-refractivity contribution in [1.29, 1.82) is 0 Å². The van der Waals surface area contributed by atoms with Crippen LogP contribution in [0, 0.1) is 0 Å². The lowest BCUT2D eigenvalue weighted by Gasteiger charge is -2.08. The molecule has 0 atom stereocenters. The summed E-state index contributed by atoms with van der Waals surface area (Å²) in [6.07, 6.45) is 3.97. The molecule has 0 amide bonds. The van der Waals surface area contributed by atoms with Gasteiger partial charge in [-0.3, -0.25) is 9.98 Å². The number of hydrogen-bond acceptors (Lipinski definition) is 4. The Morgan fingerprint density at radius 2 is 1.14 bits per heavy atom. The summed E-state index contributed by atoms with van der Waals surface area (Å²) in [7, 11) is 0. The minimum Gasteiger partial charge on any atom is -0.872 e. The first-order valence-corrected chi connectivity index (χ1v) is 6.79. The zero-order valence-electron chi connectivity index (χ0n) is 11.6. The molecule has 0 bridgehead atoms. The summed E-state index contributed by atoms with van der Waals surface area (Å²) in [5.41, 5.74) is 1.20. The third kappa shape index (κ3) is 4.76. The Kier molecular flexibility index (Phi) is 5.52. The van der Waals surface area contributed by atoms with E-state index in [9.17, 15) is 10.2 Å². The van der Waals surface area contributed by atoms with Gasteiger partial charge in [0.25, 0.3) is 0 Å². The second kappa shape index (κ2) is 7.85. The van der Waals surface area contributed by atoms with Crippen molar-refractivity contribution in [2.75, 3.05) is 13.1 Å². The van der Waals surface area contributed by atoms with Gasteiger partial charge in [0.2, 0.25) is 0 Å². The molecule has 0 aliphatic heterocycles. The third-order valence-corrected chi connectivity index (χ3v) is 2.87. The van der Waals surface area contributed by atoms with Crippen LogP contribution in [0.1, 0.15) is 17.5 Å². The van der Waals surface area contributed by atoms with E-state index < -0.39 is 0 Å². The fourth-order valence-electron chi connectivity index (χ4n) is 1.75. The van der Waals surface area contributed by atoms with Crippen LogP contribution >= 0.6 is 0 Å². The van der Waals surface area contributed by atoms with E-state index in [2.05, 4.69) is 9.98 Å². The van der Waals surface area contributed by atoms with E-state index in [1.165, 1.54) is 12.1 Å². The summed E-state index contributed by atoms with van der Waals surface area (Å²) in [5.74, 6) is -0.0438. The van der Waals surface area contributed by atoms with Gasteiger partial charge in [-0.05, 0) is 17.5 Å². The van der Waals surface area contributed by atoms with Gasteiger partial charge in [0.15, 0.2) is 0 Å². The van der Waals surface area contributed by atoms with E-state index in [-0.39, 0.29) is 11.5 Å². The SMILES string of the molecule is [O-]c1ccccc1C=NCCCN=Cc1ccccc1[O-]. The Bertz CT molecular complexity index is 581. The maximum atomic E-state index is 11.4. The molecule has 0 aliphatic carbocycles. The van der Waals surface area contributed by atoms with Crippen LogP contribution < -0.4 is 10.2 Å². The smallest absolute Gasteiger partial charge is 0.0407 e. The molecule has 0 fully saturated rings. The summed E-state index contributed by atoms with van der Waals surface area (Å²) >= 11 is 0. The largest absolute Gasteiger partial charge is 0.872 e. The maximum absolute atomic E-state index is 11.4. The van der Waals surface area contributed by atoms with Gasteiger partial charge in [-0.15, -0.1) is 11.5 Å². The summed E-state index contributed by atoms with van der Waals surface area (Å²) < 4.78 is 0. The quantitative estimate of drug-likeness (QED) is 0.597. The standard InChI is InChI=1S/C17H18N2O2/c20-16-8-3-1-6-14(16)12-18-10-5-11-19-13-15-7-2-4-9-17(15)21/h1-4,6-9,12-13,20-21H,5,10-11H2/p-2. The van der Waals surface area contributed by atoms with Crippen LogP contribution in [0.25, 0.3) is 0 Å². The van der Waals surface area contributed by atoms with Crippen molar-refractivity contribution < 1.29 is 10.2 Å². The molecule has 108 valence electrons. The average Bonchev–Trinajstić information content (AvgIpc) is 2.50. The van der Waals surface area contributed by atoms with E-state index >= 15 is 0 Å². The third-order valence-electron chi connectivity index (χ3n) is 2.87. The van der Waals surface area contributed by atoms with Crippen LogP contribution in [-0.4, -0.2) is 25.5 Å². The molecule has 0 radical (unpaired) electrons. The van der Waals surface area contributed by atoms with Crippen LogP contribution in [0.15, 0.2) is 58.5 Å². The number of hydrogen-bond donors (Lipinski definition) is 0. The lowest BCUT2D eigenvalue weighted by Crippen LogP contribution is -1.97. The van der Waals surface area contributed by atoms with Crippen molar-refractivity contribution in [3.8, 4) is 11.5 Å². The molecule has 0 N–H and O–H groups in total. The molecule has 0 aliphatic rings. The molecule has 0 saturated heterocycles. The van der Waals surface area contributed by atoms with Crippen molar-refractivity contribution in [2.24, 2.45) is 9.98 Å². The summed E-state index contributed by atoms with van der Waals surface area (Å²) in [6.45, 7) is 1.20. The summed E-state index contributed by atoms with van der Waals surface area (Å²) in [6, 6.07) is 13.6. The van der Waals surface area contributed by atoms with Crippen LogP contribution in [0.2, 0.25) is 0 Å². The van der Waals surface area contributed by atoms with Crippen molar-refractivity contribution in [1.82, 2.24) is 0 Å². The molecule has 2 rings (SSSR count). The molecular weight excluding hydrogens is 264 g/mol. The predicted octanol–water partition coefficient (Wildman–Crippen LogP) is 1.76. The van der Waals surface area contributed by atoms with Crippen molar-refractivity contribution in [2.45, 2.75) is 6.42 Å². The summed E-state index contributed by atoms with van der Waals surface area (Å²) in [5, 5.41) is 22.9. The molecule has 4 nitrogen and oxygen atoms in total. The Morgan fingerprint density at radius 3 is 1.57 bits per heavy atom. The first-order valence-electron chi connectivity index (χ1n) is 6.79.